The van der Waals surface area contributed by atoms with Gasteiger partial charge in [0.25, 0.3) is 0 Å². The molecule has 4 heteroatoms. The Bertz CT molecular complexity index is 525. The van der Waals surface area contributed by atoms with Crippen molar-refractivity contribution < 1.29 is 9.13 Å². The van der Waals surface area contributed by atoms with E-state index in [0.717, 1.165) is 22.5 Å². The normalized spacial score (nSPS) is 20.3. The Morgan fingerprint density at radius 2 is 2.18 bits per heavy atom. The molecule has 1 aromatic carbocycles. The van der Waals surface area contributed by atoms with Crippen LogP contribution in [0.5, 0.6) is 5.75 Å². The molecule has 17 heavy (non-hydrogen) atoms. The van der Waals surface area contributed by atoms with Crippen molar-refractivity contribution in [1.29, 1.82) is 0 Å². The minimum absolute atomic E-state index is 0.217. The molecule has 0 spiro atoms. The van der Waals surface area contributed by atoms with Gasteiger partial charge in [-0.15, -0.1) is 0 Å². The average Bonchev–Trinajstić information content (AvgIpc) is 2.69. The lowest BCUT2D eigenvalue weighted by Gasteiger charge is -2.35. The first-order valence-electron chi connectivity index (χ1n) is 5.77. The third kappa shape index (κ3) is 1.54. The van der Waals surface area contributed by atoms with Crippen LogP contribution in [-0.2, 0) is 12.8 Å². The van der Waals surface area contributed by atoms with Crippen LogP contribution in [0.1, 0.15) is 25.0 Å². The zero-order valence-corrected chi connectivity index (χ0v) is 10.7. The molecule has 0 atom stereocenters. The molecule has 1 aromatic rings. The van der Waals surface area contributed by atoms with Crippen molar-refractivity contribution in [2.75, 3.05) is 11.9 Å². The molecule has 90 valence electrons. The molecule has 1 N–H and O–H groups in total. The largest absolute Gasteiger partial charge is 0.493 e. The summed E-state index contributed by atoms with van der Waals surface area (Å²) in [4.78, 5) is 0.850. The van der Waals surface area contributed by atoms with Gasteiger partial charge in [0.05, 0.1) is 12.1 Å². The van der Waals surface area contributed by atoms with Gasteiger partial charge in [0.1, 0.15) is 11.6 Å². The summed E-state index contributed by atoms with van der Waals surface area (Å²) < 4.78 is 19.4. The third-order valence-electron chi connectivity index (χ3n) is 3.53. The van der Waals surface area contributed by atoms with Gasteiger partial charge in [-0.1, -0.05) is 12.2 Å². The molecule has 0 aliphatic carbocycles. The zero-order valence-electron chi connectivity index (χ0n) is 9.89. The molecule has 0 aromatic heterocycles. The lowest BCUT2D eigenvalue weighted by Crippen LogP contribution is -2.44. The van der Waals surface area contributed by atoms with Crippen LogP contribution in [0.15, 0.2) is 6.07 Å². The van der Waals surface area contributed by atoms with Crippen molar-refractivity contribution in [2.45, 2.75) is 32.2 Å². The Balaban J connectivity index is 2.20. The first-order chi connectivity index (χ1) is 7.99. The van der Waals surface area contributed by atoms with E-state index in [1.807, 2.05) is 13.8 Å². The summed E-state index contributed by atoms with van der Waals surface area (Å²) >= 11 is 5.35. The smallest absolute Gasteiger partial charge is 0.132 e. The quantitative estimate of drug-likeness (QED) is 0.716. The molecule has 0 radical (unpaired) electrons. The number of nitrogens with one attached hydrogen (secondary N) is 1. The van der Waals surface area contributed by atoms with Crippen LogP contribution in [0, 0.1) is 5.82 Å². The second-order valence-corrected chi connectivity index (χ2v) is 5.63. The maximum Gasteiger partial charge on any atom is 0.132 e. The number of ether oxygens (including phenoxy) is 1. The minimum Gasteiger partial charge on any atom is -0.493 e. The standard InChI is InChI=1S/C13H14FNOS/c1-13(2)11(17)5-8-9(14)6-10-7(3-4-16-10)12(8)15-13/h6,15H,3-5H2,1-2H3. The van der Waals surface area contributed by atoms with Gasteiger partial charge in [-0.25, -0.2) is 4.39 Å². The average molecular weight is 251 g/mol. The van der Waals surface area contributed by atoms with Gasteiger partial charge in [-0.05, 0) is 13.8 Å². The van der Waals surface area contributed by atoms with Crippen LogP contribution >= 0.6 is 12.2 Å². The van der Waals surface area contributed by atoms with Gasteiger partial charge in [-0.2, -0.15) is 0 Å². The number of hydrogen-bond acceptors (Lipinski definition) is 3. The molecule has 0 saturated carbocycles. The number of rotatable bonds is 0. The predicted octanol–water partition coefficient (Wildman–Crippen LogP) is 2.88. The Labute approximate surface area is 105 Å². The zero-order chi connectivity index (χ0) is 12.2. The lowest BCUT2D eigenvalue weighted by molar-refractivity contribution is 0.355. The Morgan fingerprint density at radius 1 is 1.41 bits per heavy atom. The maximum atomic E-state index is 14.0. The highest BCUT2D eigenvalue weighted by Crippen LogP contribution is 2.41. The maximum absolute atomic E-state index is 14.0. The fourth-order valence-electron chi connectivity index (χ4n) is 2.44. The first-order valence-corrected chi connectivity index (χ1v) is 6.18. The SMILES string of the molecule is CC1(C)Nc2c(c(F)cc3c2CCO3)CC1=S. The van der Waals surface area contributed by atoms with E-state index in [1.54, 1.807) is 0 Å². The summed E-state index contributed by atoms with van der Waals surface area (Å²) in [5, 5.41) is 3.37. The molecular weight excluding hydrogens is 237 g/mol. The van der Waals surface area contributed by atoms with E-state index < -0.39 is 0 Å². The van der Waals surface area contributed by atoms with Gasteiger partial charge >= 0.3 is 0 Å². The van der Waals surface area contributed by atoms with Crippen molar-refractivity contribution in [3.05, 3.63) is 23.0 Å². The number of anilines is 1. The third-order valence-corrected chi connectivity index (χ3v) is 4.18. The molecule has 0 fully saturated rings. The van der Waals surface area contributed by atoms with Gasteiger partial charge in [0, 0.05) is 40.6 Å². The van der Waals surface area contributed by atoms with Crippen molar-refractivity contribution in [2.24, 2.45) is 0 Å². The van der Waals surface area contributed by atoms with Crippen LogP contribution in [0.4, 0.5) is 10.1 Å². The van der Waals surface area contributed by atoms with Crippen LogP contribution in [0.2, 0.25) is 0 Å². The van der Waals surface area contributed by atoms with E-state index in [1.165, 1.54) is 6.07 Å². The molecule has 2 heterocycles. The first kappa shape index (κ1) is 11.0. The van der Waals surface area contributed by atoms with Crippen molar-refractivity contribution in [3.8, 4) is 5.75 Å². The van der Waals surface area contributed by atoms with Gasteiger partial charge in [0.2, 0.25) is 0 Å². The van der Waals surface area contributed by atoms with Crippen LogP contribution in [-0.4, -0.2) is 17.0 Å². The van der Waals surface area contributed by atoms with E-state index in [0.29, 0.717) is 24.3 Å². The number of thiocarbonyl (C=S) groups is 1. The highest BCUT2D eigenvalue weighted by atomic mass is 32.1. The van der Waals surface area contributed by atoms with E-state index in [9.17, 15) is 4.39 Å². The summed E-state index contributed by atoms with van der Waals surface area (Å²) in [7, 11) is 0. The molecule has 0 bridgehead atoms. The van der Waals surface area contributed by atoms with Gasteiger partial charge in [-0.3, -0.25) is 0 Å². The van der Waals surface area contributed by atoms with E-state index in [4.69, 9.17) is 17.0 Å². The summed E-state index contributed by atoms with van der Waals surface area (Å²) in [5.74, 6) is 0.461. The molecule has 2 nitrogen and oxygen atoms in total. The van der Waals surface area contributed by atoms with Crippen molar-refractivity contribution in [1.82, 2.24) is 0 Å². The number of hydrogen-bond donors (Lipinski definition) is 1. The number of fused-ring (bicyclic) bond motifs is 3. The van der Waals surface area contributed by atoms with Crippen molar-refractivity contribution in [3.63, 3.8) is 0 Å². The number of halogens is 1. The summed E-state index contributed by atoms with van der Waals surface area (Å²) in [5.41, 5.74) is 2.43. The fraction of sp³-hybridized carbons (Fsp3) is 0.462. The van der Waals surface area contributed by atoms with E-state index >= 15 is 0 Å². The van der Waals surface area contributed by atoms with E-state index in [-0.39, 0.29) is 11.4 Å². The van der Waals surface area contributed by atoms with Crippen LogP contribution in [0.25, 0.3) is 0 Å². The highest BCUT2D eigenvalue weighted by Gasteiger charge is 2.34. The second kappa shape index (κ2) is 3.42. The Hall–Kier alpha value is -1.16. The van der Waals surface area contributed by atoms with Gasteiger partial charge in [0.15, 0.2) is 0 Å². The van der Waals surface area contributed by atoms with Crippen LogP contribution < -0.4 is 10.1 Å². The monoisotopic (exact) mass is 251 g/mol. The summed E-state index contributed by atoms with van der Waals surface area (Å²) in [6.07, 6.45) is 1.37. The van der Waals surface area contributed by atoms with Gasteiger partial charge < -0.3 is 10.1 Å². The Kier molecular flexibility index (Phi) is 2.20. The topological polar surface area (TPSA) is 21.3 Å². The predicted molar refractivity (Wildman–Crippen MR) is 69.6 cm³/mol. The Morgan fingerprint density at radius 3 is 2.94 bits per heavy atom. The minimum atomic E-state index is -0.257. The van der Waals surface area contributed by atoms with E-state index in [2.05, 4.69) is 5.32 Å². The van der Waals surface area contributed by atoms with Crippen LogP contribution in [0.3, 0.4) is 0 Å². The molecular formula is C13H14FNOS. The lowest BCUT2D eigenvalue weighted by atomic mass is 9.87. The molecule has 0 amide bonds. The molecule has 0 unspecified atom stereocenters. The molecule has 3 rings (SSSR count). The highest BCUT2D eigenvalue weighted by molar-refractivity contribution is 7.80. The molecule has 2 aliphatic heterocycles. The molecule has 0 saturated heterocycles. The summed E-state index contributed by atoms with van der Waals surface area (Å²) in [6.45, 7) is 4.70. The fourth-order valence-corrected chi connectivity index (χ4v) is 2.64. The summed E-state index contributed by atoms with van der Waals surface area (Å²) in [6, 6.07) is 1.49. The second-order valence-electron chi connectivity index (χ2n) is 5.14. The number of benzene rings is 1. The molecule has 2 aliphatic rings. The van der Waals surface area contributed by atoms with Crippen molar-refractivity contribution >= 4 is 22.8 Å².